The molecular formula is C100H86F4N26O6. The molecule has 0 unspecified atom stereocenters. The molecule has 36 heteroatoms. The molecule has 136 heavy (non-hydrogen) atoms. The van der Waals surface area contributed by atoms with E-state index in [0.29, 0.717) is 117 Å². The molecule has 0 saturated carbocycles. The Balaban J connectivity index is 0.000000132. The van der Waals surface area contributed by atoms with Crippen molar-refractivity contribution in [2.24, 2.45) is 0 Å². The highest BCUT2D eigenvalue weighted by molar-refractivity contribution is 5.97. The van der Waals surface area contributed by atoms with Gasteiger partial charge in [0.2, 0.25) is 29.8 Å². The summed E-state index contributed by atoms with van der Waals surface area (Å²) in [6.07, 6.45) is 15.7. The third-order valence-corrected chi connectivity index (χ3v) is 22.4. The predicted molar refractivity (Wildman–Crippen MR) is 508 cm³/mol. The molecule has 680 valence electrons. The number of piperidine rings is 1. The predicted octanol–water partition coefficient (Wildman–Crippen LogP) is 18.4. The lowest BCUT2D eigenvalue weighted by molar-refractivity contribution is 0.0564. The quantitative estimate of drug-likeness (QED) is 0.0321. The van der Waals surface area contributed by atoms with Gasteiger partial charge >= 0.3 is 24.1 Å². The molecule has 2 aliphatic heterocycles. The minimum Gasteiger partial charge on any atom is -0.383 e. The molecule has 5 N–H and O–H groups in total. The van der Waals surface area contributed by atoms with Gasteiger partial charge in [0.15, 0.2) is 0 Å². The number of urea groups is 4. The fourth-order valence-corrected chi connectivity index (χ4v) is 15.1. The maximum Gasteiger partial charge on any atom is 0.324 e. The summed E-state index contributed by atoms with van der Waals surface area (Å²) in [4.78, 5) is 133. The summed E-state index contributed by atoms with van der Waals surface area (Å²) < 4.78 is 64.6. The zero-order valence-electron chi connectivity index (χ0n) is 74.3. The summed E-state index contributed by atoms with van der Waals surface area (Å²) in [6.45, 7) is 19.0. The first-order valence-corrected chi connectivity index (χ1v) is 43.0. The Hall–Kier alpha value is -17.2. The van der Waals surface area contributed by atoms with Crippen molar-refractivity contribution < 1.29 is 46.2 Å². The average Bonchev–Trinajstić information content (AvgIpc) is 0.790. The fourth-order valence-electron chi connectivity index (χ4n) is 15.1. The minimum absolute atomic E-state index is 0.0318. The van der Waals surface area contributed by atoms with E-state index >= 15 is 0 Å². The van der Waals surface area contributed by atoms with Gasteiger partial charge in [-0.15, -0.1) is 0 Å². The van der Waals surface area contributed by atoms with E-state index in [0.717, 1.165) is 117 Å². The monoisotopic (exact) mass is 1820 g/mol. The zero-order chi connectivity index (χ0) is 94.7. The first kappa shape index (κ1) is 92.1. The molecule has 0 bridgehead atoms. The zero-order valence-corrected chi connectivity index (χ0v) is 74.3. The molecular weight excluding hydrogens is 1740 g/mol. The number of carbonyl (C=O) groups is 4. The molecule has 0 aliphatic carbocycles. The summed E-state index contributed by atoms with van der Waals surface area (Å²) in [5.41, 5.74) is 18.9. The number of hydrogen-bond donors (Lipinski definition) is 5. The van der Waals surface area contributed by atoms with Crippen molar-refractivity contribution >= 4 is 91.5 Å². The van der Waals surface area contributed by atoms with E-state index in [-0.39, 0.29) is 71.2 Å². The normalized spacial score (nSPS) is 12.4. The van der Waals surface area contributed by atoms with E-state index in [1.54, 1.807) is 103 Å². The SMILES string of the molecule is COCCNC(=O)Nc1ncc(-c2ccc3ncnc(C)c3c2)c(-c2ccc(F)cc2)n1.Cc1ncnc2ccc(-c3cnc(NC(=O)N(C)Cc4ccccn4)nc3-c3ccc(F)cc3)cc12.Cc1ncnc2ccc(-c3cnc(NC(=O)N4CCOCC4)nc3-c3ccc(F)cc3)cc12.[C-]#[N+]C1CCN(C(=O)Nc2ncc(-c3ccc4ncnc(C)c4c3)c(-c3ccc(F)cc3)n2)CC1. The van der Waals surface area contributed by atoms with Crippen molar-refractivity contribution in [1.29, 1.82) is 0 Å². The Bertz CT molecular complexity index is 7290. The number of hydrogen-bond acceptors (Lipinski definition) is 23. The lowest BCUT2D eigenvalue weighted by atomic mass is 9.99. The first-order chi connectivity index (χ1) is 66.1. The van der Waals surface area contributed by atoms with E-state index in [1.807, 2.05) is 119 Å². The number of morpholine rings is 1. The van der Waals surface area contributed by atoms with E-state index < -0.39 is 6.03 Å². The summed E-state index contributed by atoms with van der Waals surface area (Å²) >= 11 is 0. The molecule has 19 rings (SSSR count). The number of halogens is 4. The van der Waals surface area contributed by atoms with Gasteiger partial charge in [0.25, 0.3) is 0 Å². The van der Waals surface area contributed by atoms with Gasteiger partial charge in [-0.3, -0.25) is 26.3 Å². The van der Waals surface area contributed by atoms with Crippen LogP contribution in [0.4, 0.5) is 60.5 Å². The topological polar surface area (TPSA) is 380 Å². The van der Waals surface area contributed by atoms with Crippen molar-refractivity contribution in [1.82, 2.24) is 105 Å². The second kappa shape index (κ2) is 42.8. The van der Waals surface area contributed by atoms with Gasteiger partial charge in [0.05, 0.1) is 76.9 Å². The van der Waals surface area contributed by atoms with Crippen LogP contribution in [-0.4, -0.2) is 196 Å². The number of pyridine rings is 1. The number of rotatable bonds is 17. The van der Waals surface area contributed by atoms with E-state index in [9.17, 15) is 36.7 Å². The largest absolute Gasteiger partial charge is 0.383 e. The Morgan fingerprint density at radius 2 is 0.750 bits per heavy atom. The lowest BCUT2D eigenvalue weighted by Crippen LogP contribution is -2.43. The van der Waals surface area contributed by atoms with Crippen LogP contribution in [0.3, 0.4) is 0 Å². The van der Waals surface area contributed by atoms with Crippen molar-refractivity contribution in [2.45, 2.75) is 53.1 Å². The van der Waals surface area contributed by atoms with Crippen LogP contribution in [0.1, 0.15) is 41.3 Å². The van der Waals surface area contributed by atoms with Crippen LogP contribution in [-0.2, 0) is 16.0 Å². The molecule has 8 aromatic carbocycles. The van der Waals surface area contributed by atoms with Crippen LogP contribution in [0, 0.1) is 57.5 Å². The summed E-state index contributed by atoms with van der Waals surface area (Å²) in [5, 5.41) is 17.2. The van der Waals surface area contributed by atoms with Crippen molar-refractivity contribution in [3.8, 4) is 89.5 Å². The number of benzene rings is 8. The van der Waals surface area contributed by atoms with Crippen molar-refractivity contribution in [3.05, 3.63) is 308 Å². The van der Waals surface area contributed by atoms with Crippen LogP contribution >= 0.6 is 0 Å². The van der Waals surface area contributed by atoms with Crippen LogP contribution < -0.4 is 26.6 Å². The number of nitrogens with zero attached hydrogens (tertiary/aromatic N) is 21. The second-order valence-corrected chi connectivity index (χ2v) is 31.4. The van der Waals surface area contributed by atoms with Crippen LogP contribution in [0.5, 0.6) is 0 Å². The van der Waals surface area contributed by atoms with Gasteiger partial charge < -0.3 is 34.3 Å². The maximum absolute atomic E-state index is 13.6. The van der Waals surface area contributed by atoms with Crippen molar-refractivity contribution in [2.75, 3.05) is 88.0 Å². The van der Waals surface area contributed by atoms with E-state index in [2.05, 4.69) is 116 Å². The number of nitrogens with one attached hydrogen (secondary N) is 5. The first-order valence-electron chi connectivity index (χ1n) is 43.0. The lowest BCUT2D eigenvalue weighted by Gasteiger charge is -2.27. The smallest absolute Gasteiger partial charge is 0.324 e. The molecule has 11 heterocycles. The Kier molecular flexibility index (Phi) is 29.0. The molecule has 0 radical (unpaired) electrons. The summed E-state index contributed by atoms with van der Waals surface area (Å²) in [5.74, 6) is -0.788. The van der Waals surface area contributed by atoms with Crippen LogP contribution in [0.15, 0.2) is 244 Å². The van der Waals surface area contributed by atoms with E-state index in [4.69, 9.17) is 16.0 Å². The second-order valence-electron chi connectivity index (χ2n) is 31.4. The van der Waals surface area contributed by atoms with E-state index in [1.165, 1.54) is 78.7 Å². The molecule has 32 nitrogen and oxygen atoms in total. The number of carbonyl (C=O) groups excluding carboxylic acids is 4. The number of ether oxygens (including phenoxy) is 2. The molecule has 2 aliphatic rings. The number of anilines is 4. The van der Waals surface area contributed by atoms with Gasteiger partial charge in [-0.05, 0) is 208 Å². The van der Waals surface area contributed by atoms with Gasteiger partial charge in [-0.1, -0.05) is 30.3 Å². The van der Waals surface area contributed by atoms with Crippen LogP contribution in [0.2, 0.25) is 0 Å². The van der Waals surface area contributed by atoms with Gasteiger partial charge in [0.1, 0.15) is 48.6 Å². The van der Waals surface area contributed by atoms with Crippen molar-refractivity contribution in [3.63, 3.8) is 0 Å². The Labute approximate surface area is 776 Å². The third-order valence-electron chi connectivity index (χ3n) is 22.4. The Morgan fingerprint density at radius 3 is 1.08 bits per heavy atom. The molecule has 0 atom stereocenters. The fraction of sp³-hybridized carbons (Fsp3) is 0.180. The maximum atomic E-state index is 13.6. The number of amides is 8. The molecule has 8 amide bonds. The molecule has 2 fully saturated rings. The highest BCUT2D eigenvalue weighted by Crippen LogP contribution is 2.39. The molecule has 9 aromatic heterocycles. The van der Waals surface area contributed by atoms with Gasteiger partial charge in [0, 0.05) is 180 Å². The number of fused-ring (bicyclic) bond motifs is 4. The highest BCUT2D eigenvalue weighted by atomic mass is 19.1. The molecule has 0 spiro atoms. The molecule has 2 saturated heterocycles. The third kappa shape index (κ3) is 22.5. The minimum atomic E-state index is -0.446. The van der Waals surface area contributed by atoms with Crippen LogP contribution in [0.25, 0.3) is 138 Å². The van der Waals surface area contributed by atoms with Gasteiger partial charge in [-0.2, -0.15) is 0 Å². The highest BCUT2D eigenvalue weighted by Gasteiger charge is 2.28. The number of likely N-dealkylation sites (tertiary alicyclic amines) is 1. The van der Waals surface area contributed by atoms with Gasteiger partial charge in [-0.25, -0.2) is 123 Å². The summed E-state index contributed by atoms with van der Waals surface area (Å²) in [6, 6.07) is 51.6. The average molecular weight is 1820 g/mol. The number of aromatic nitrogens is 17. The Morgan fingerprint density at radius 1 is 0.419 bits per heavy atom. The summed E-state index contributed by atoms with van der Waals surface area (Å²) in [7, 11) is 3.22. The molecule has 17 aromatic rings. The standard InChI is InChI=1S/C27H22FN7O.C26H22FN7O.C24H21FN6O2.C23H21FN6O2/c1-17-22-13-19(8-11-24(22)32-16-31-17)23-14-30-26(33-25(23)18-6-9-20(28)10-7-18)34-27(36)35(2)15-21-5-3-4-12-29-21;1-16-21-13-18(5-8-23(21)31-15-30-16)22-14-29-25(32-24(22)17-3-6-19(27)7-4-17)33-26(35)34-11-9-20(28-2)10-12-34;1-15-19-12-17(4-7-21(19)28-14-27-15)20-13-26-23(30-24(32)31-8-10-33-11-9-31)29-22(20)16-2-5-18(25)6-3-16;1-14-18-11-16(5-8-20(18)28-13-27-14)19-12-26-22(30-23(31)25-9-10-32-2)29-21(19)15-3-6-17(24)7-4-15/h3-14,16H,15H2,1-2H3,(H,30,33,34,36);3-8,13-15,20H,9-12H2,1H3,(H,29,32,33,35);2-7,12-14H,8-11H2,1H3,(H,26,29,30,32);3-8,11-13H,9-10H2,1-2H3,(H2,25,26,29,30,31). The number of aryl methyl sites for hydroxylation is 4. The number of methoxy groups -OCH3 is 1.